The fraction of sp³-hybridized carbons (Fsp3) is 0.278. The summed E-state index contributed by atoms with van der Waals surface area (Å²) in [7, 11) is 0. The van der Waals surface area contributed by atoms with Crippen molar-refractivity contribution in [1.82, 2.24) is 30.2 Å². The lowest BCUT2D eigenvalue weighted by molar-refractivity contribution is 0.700. The van der Waals surface area contributed by atoms with Crippen LogP contribution >= 0.6 is 23.1 Å². The zero-order valence-electron chi connectivity index (χ0n) is 14.4. The Morgan fingerprint density at radius 2 is 2.04 bits per heavy atom. The van der Waals surface area contributed by atoms with Crippen LogP contribution in [0.1, 0.15) is 29.1 Å². The number of aromatic nitrogens is 6. The van der Waals surface area contributed by atoms with Crippen molar-refractivity contribution in [2.45, 2.75) is 36.6 Å². The molecule has 0 saturated carbocycles. The molecule has 0 atom stereocenters. The van der Waals surface area contributed by atoms with Crippen LogP contribution in [-0.2, 0) is 18.6 Å². The zero-order valence-corrected chi connectivity index (χ0v) is 16.0. The number of aromatic amines is 1. The first-order chi connectivity index (χ1) is 13.3. The van der Waals surface area contributed by atoms with Crippen molar-refractivity contribution in [3.63, 3.8) is 0 Å². The molecule has 1 aliphatic rings. The van der Waals surface area contributed by atoms with Crippen molar-refractivity contribution in [2.75, 3.05) is 0 Å². The number of rotatable bonds is 4. The fourth-order valence-electron chi connectivity index (χ4n) is 3.41. The minimum atomic E-state index is -0.0300. The zero-order chi connectivity index (χ0) is 18.2. The molecular formula is C18H16N6OS2. The lowest BCUT2D eigenvalue weighted by atomic mass is 9.97. The average Bonchev–Trinajstić information content (AvgIpc) is 3.31. The number of benzene rings is 1. The topological polar surface area (TPSA) is 89.4 Å². The quantitative estimate of drug-likeness (QED) is 0.533. The summed E-state index contributed by atoms with van der Waals surface area (Å²) in [4.78, 5) is 22.5. The highest BCUT2D eigenvalue weighted by atomic mass is 32.2. The molecule has 0 bridgehead atoms. The molecule has 3 heterocycles. The van der Waals surface area contributed by atoms with Gasteiger partial charge in [-0.3, -0.25) is 4.79 Å². The maximum atomic E-state index is 12.6. The number of thioether (sulfide) groups is 1. The van der Waals surface area contributed by atoms with Crippen molar-refractivity contribution in [3.05, 3.63) is 57.0 Å². The van der Waals surface area contributed by atoms with E-state index in [0.717, 1.165) is 35.2 Å². The highest BCUT2D eigenvalue weighted by Crippen LogP contribution is 2.33. The Bertz CT molecular complexity index is 1160. The monoisotopic (exact) mass is 396 g/mol. The van der Waals surface area contributed by atoms with E-state index >= 15 is 0 Å². The molecule has 27 heavy (non-hydrogen) atoms. The van der Waals surface area contributed by atoms with E-state index in [4.69, 9.17) is 4.98 Å². The van der Waals surface area contributed by atoms with E-state index in [9.17, 15) is 4.79 Å². The normalized spacial score (nSPS) is 13.8. The van der Waals surface area contributed by atoms with Gasteiger partial charge in [0.15, 0.2) is 0 Å². The van der Waals surface area contributed by atoms with Gasteiger partial charge in [0.05, 0.1) is 16.8 Å². The number of hydrogen-bond donors (Lipinski definition) is 1. The minimum Gasteiger partial charge on any atom is -0.309 e. The van der Waals surface area contributed by atoms with Gasteiger partial charge < -0.3 is 4.98 Å². The molecule has 3 aromatic heterocycles. The van der Waals surface area contributed by atoms with Crippen molar-refractivity contribution >= 4 is 33.3 Å². The molecule has 4 aromatic rings. The predicted octanol–water partition coefficient (Wildman–Crippen LogP) is 3.13. The van der Waals surface area contributed by atoms with Gasteiger partial charge in [0, 0.05) is 4.88 Å². The van der Waals surface area contributed by atoms with E-state index in [1.165, 1.54) is 28.6 Å². The summed E-state index contributed by atoms with van der Waals surface area (Å²) >= 11 is 3.12. The Hall–Kier alpha value is -2.52. The summed E-state index contributed by atoms with van der Waals surface area (Å²) in [6.07, 6.45) is 4.40. The molecule has 0 amide bonds. The van der Waals surface area contributed by atoms with Crippen LogP contribution in [0.4, 0.5) is 0 Å². The van der Waals surface area contributed by atoms with E-state index in [-0.39, 0.29) is 5.56 Å². The highest BCUT2D eigenvalue weighted by molar-refractivity contribution is 7.98. The Kier molecular flexibility index (Phi) is 4.25. The Balaban J connectivity index is 1.43. The van der Waals surface area contributed by atoms with Crippen molar-refractivity contribution < 1.29 is 0 Å². The molecule has 7 nitrogen and oxygen atoms in total. The van der Waals surface area contributed by atoms with Gasteiger partial charge in [0.1, 0.15) is 10.7 Å². The molecule has 5 rings (SSSR count). The van der Waals surface area contributed by atoms with Crippen LogP contribution in [-0.4, -0.2) is 30.2 Å². The van der Waals surface area contributed by atoms with E-state index in [0.29, 0.717) is 16.7 Å². The van der Waals surface area contributed by atoms with Crippen LogP contribution in [0.2, 0.25) is 0 Å². The van der Waals surface area contributed by atoms with E-state index in [1.54, 1.807) is 16.0 Å². The third-order valence-electron chi connectivity index (χ3n) is 4.65. The number of nitrogens with zero attached hydrogens (tertiary/aromatic N) is 5. The number of para-hydroxylation sites is 1. The van der Waals surface area contributed by atoms with E-state index < -0.39 is 0 Å². The minimum absolute atomic E-state index is 0.0300. The molecular weight excluding hydrogens is 380 g/mol. The molecule has 0 spiro atoms. The fourth-order valence-corrected chi connectivity index (χ4v) is 5.45. The number of fused-ring (bicyclic) bond motifs is 3. The molecule has 0 fully saturated rings. The number of H-pyrrole nitrogens is 1. The average molecular weight is 397 g/mol. The van der Waals surface area contributed by atoms with Gasteiger partial charge in [0.25, 0.3) is 5.56 Å². The molecule has 9 heteroatoms. The molecule has 1 aromatic carbocycles. The maximum Gasteiger partial charge on any atom is 0.259 e. The number of nitrogens with one attached hydrogen (secondary N) is 1. The molecule has 0 radical (unpaired) electrons. The van der Waals surface area contributed by atoms with Gasteiger partial charge in [-0.05, 0) is 53.8 Å². The SMILES string of the molecule is O=c1[nH]c(CSc2nnnn2-c2ccccc2)nc2sc3c(c12)CCCC3. The van der Waals surface area contributed by atoms with Crippen molar-refractivity contribution in [1.29, 1.82) is 0 Å². The summed E-state index contributed by atoms with van der Waals surface area (Å²) in [5.41, 5.74) is 2.08. The van der Waals surface area contributed by atoms with Crippen LogP contribution < -0.4 is 5.56 Å². The number of aryl methyl sites for hydroxylation is 2. The van der Waals surface area contributed by atoms with Crippen LogP contribution in [0.25, 0.3) is 15.9 Å². The highest BCUT2D eigenvalue weighted by Gasteiger charge is 2.20. The van der Waals surface area contributed by atoms with Crippen LogP contribution in [0.15, 0.2) is 40.3 Å². The lowest BCUT2D eigenvalue weighted by Gasteiger charge is -2.09. The van der Waals surface area contributed by atoms with Crippen LogP contribution in [0, 0.1) is 0 Å². The molecule has 1 aliphatic carbocycles. The van der Waals surface area contributed by atoms with Gasteiger partial charge in [-0.2, -0.15) is 4.68 Å². The summed E-state index contributed by atoms with van der Waals surface area (Å²) in [6.45, 7) is 0. The lowest BCUT2D eigenvalue weighted by Crippen LogP contribution is -2.12. The summed E-state index contributed by atoms with van der Waals surface area (Å²) in [6, 6.07) is 9.73. The standard InChI is InChI=1S/C18H16N6OS2/c25-16-15-12-8-4-5-9-13(12)27-17(15)20-14(19-16)10-26-18-21-22-23-24(18)11-6-2-1-3-7-11/h1-3,6-7H,4-5,8-10H2,(H,19,20,25). The predicted molar refractivity (Wildman–Crippen MR) is 106 cm³/mol. The maximum absolute atomic E-state index is 12.6. The molecule has 136 valence electrons. The number of hydrogen-bond acceptors (Lipinski definition) is 7. The van der Waals surface area contributed by atoms with Gasteiger partial charge in [0.2, 0.25) is 5.16 Å². The third kappa shape index (κ3) is 3.06. The second-order valence-electron chi connectivity index (χ2n) is 6.40. The van der Waals surface area contributed by atoms with Crippen LogP contribution in [0.3, 0.4) is 0 Å². The van der Waals surface area contributed by atoms with Crippen LogP contribution in [0.5, 0.6) is 0 Å². The first kappa shape index (κ1) is 16.6. The summed E-state index contributed by atoms with van der Waals surface area (Å²) in [5, 5.41) is 13.4. The Morgan fingerprint density at radius 3 is 2.93 bits per heavy atom. The van der Waals surface area contributed by atoms with Crippen molar-refractivity contribution in [3.8, 4) is 5.69 Å². The molecule has 0 aliphatic heterocycles. The second-order valence-corrected chi connectivity index (χ2v) is 8.43. The van der Waals surface area contributed by atoms with Crippen molar-refractivity contribution in [2.24, 2.45) is 0 Å². The molecule has 0 unspecified atom stereocenters. The number of thiophene rings is 1. The van der Waals surface area contributed by atoms with Gasteiger partial charge in [-0.15, -0.1) is 16.4 Å². The molecule has 0 saturated heterocycles. The van der Waals surface area contributed by atoms with E-state index in [2.05, 4.69) is 20.5 Å². The first-order valence-corrected chi connectivity index (χ1v) is 10.6. The summed E-state index contributed by atoms with van der Waals surface area (Å²) < 4.78 is 1.69. The smallest absolute Gasteiger partial charge is 0.259 e. The Labute approximate surface area is 162 Å². The third-order valence-corrected chi connectivity index (χ3v) is 6.77. The van der Waals surface area contributed by atoms with Gasteiger partial charge in [-0.25, -0.2) is 4.98 Å². The summed E-state index contributed by atoms with van der Waals surface area (Å²) in [5.74, 6) is 1.15. The first-order valence-electron chi connectivity index (χ1n) is 8.79. The van der Waals surface area contributed by atoms with Gasteiger partial charge in [-0.1, -0.05) is 30.0 Å². The van der Waals surface area contributed by atoms with E-state index in [1.807, 2.05) is 30.3 Å². The Morgan fingerprint density at radius 1 is 1.19 bits per heavy atom. The van der Waals surface area contributed by atoms with Gasteiger partial charge >= 0.3 is 0 Å². The second kappa shape index (κ2) is 6.90. The largest absolute Gasteiger partial charge is 0.309 e. The number of tetrazole rings is 1. The molecule has 1 N–H and O–H groups in total.